The van der Waals surface area contributed by atoms with E-state index in [-0.39, 0.29) is 0 Å². The van der Waals surface area contributed by atoms with Crippen molar-refractivity contribution in [2.75, 3.05) is 11.9 Å². The second-order valence-electron chi connectivity index (χ2n) is 5.16. The van der Waals surface area contributed by atoms with Crippen molar-refractivity contribution >= 4 is 5.82 Å². The number of pyridine rings is 1. The maximum absolute atomic E-state index is 9.97. The van der Waals surface area contributed by atoms with E-state index in [1.54, 1.807) is 6.92 Å². The third kappa shape index (κ3) is 2.62. The van der Waals surface area contributed by atoms with Crippen LogP contribution in [-0.4, -0.2) is 22.2 Å². The van der Waals surface area contributed by atoms with E-state index in [9.17, 15) is 5.11 Å². The predicted molar refractivity (Wildman–Crippen MR) is 70.4 cm³/mol. The van der Waals surface area contributed by atoms with Crippen LogP contribution in [0.1, 0.15) is 43.5 Å². The SMILES string of the molecule is CCC(C)(O)CNc1nc2c(cc1C#N)CCC2. The summed E-state index contributed by atoms with van der Waals surface area (Å²) in [6.45, 7) is 4.12. The molecule has 1 atom stereocenters. The minimum absolute atomic E-state index is 0.407. The fourth-order valence-corrected chi connectivity index (χ4v) is 2.09. The molecule has 0 aromatic carbocycles. The predicted octanol–water partition coefficient (Wildman–Crippen LogP) is 2.01. The van der Waals surface area contributed by atoms with Gasteiger partial charge in [-0.25, -0.2) is 4.98 Å². The Balaban J connectivity index is 2.20. The number of nitrogens with one attached hydrogen (secondary N) is 1. The zero-order valence-electron chi connectivity index (χ0n) is 11.0. The summed E-state index contributed by atoms with van der Waals surface area (Å²) < 4.78 is 0. The van der Waals surface area contributed by atoms with Gasteiger partial charge in [-0.1, -0.05) is 6.92 Å². The van der Waals surface area contributed by atoms with E-state index in [2.05, 4.69) is 16.4 Å². The van der Waals surface area contributed by atoms with E-state index in [1.165, 1.54) is 5.56 Å². The van der Waals surface area contributed by atoms with Crippen LogP contribution in [0.2, 0.25) is 0 Å². The molecule has 1 unspecified atom stereocenters. The van der Waals surface area contributed by atoms with E-state index in [0.29, 0.717) is 24.3 Å². The quantitative estimate of drug-likeness (QED) is 0.851. The molecule has 4 heteroatoms. The van der Waals surface area contributed by atoms with Gasteiger partial charge in [0.2, 0.25) is 0 Å². The van der Waals surface area contributed by atoms with Gasteiger partial charge in [-0.3, -0.25) is 0 Å². The van der Waals surface area contributed by atoms with Crippen LogP contribution in [0, 0.1) is 11.3 Å². The average molecular weight is 245 g/mol. The van der Waals surface area contributed by atoms with Crippen LogP contribution < -0.4 is 5.32 Å². The lowest BCUT2D eigenvalue weighted by Gasteiger charge is -2.22. The van der Waals surface area contributed by atoms with Crippen LogP contribution >= 0.6 is 0 Å². The number of hydrogen-bond donors (Lipinski definition) is 2. The van der Waals surface area contributed by atoms with Gasteiger partial charge in [0.15, 0.2) is 0 Å². The number of nitriles is 1. The number of aliphatic hydroxyl groups is 1. The average Bonchev–Trinajstić information content (AvgIpc) is 2.82. The number of aromatic nitrogens is 1. The standard InChI is InChI=1S/C14H19N3O/c1-3-14(2,18)9-16-13-11(8-15)7-10-5-4-6-12(10)17-13/h7,18H,3-6,9H2,1-2H3,(H,16,17). The van der Waals surface area contributed by atoms with Crippen molar-refractivity contribution in [1.29, 1.82) is 5.26 Å². The van der Waals surface area contributed by atoms with Crippen LogP contribution in [0.15, 0.2) is 6.07 Å². The van der Waals surface area contributed by atoms with Gasteiger partial charge < -0.3 is 10.4 Å². The van der Waals surface area contributed by atoms with Crippen LogP contribution in [-0.2, 0) is 12.8 Å². The highest BCUT2D eigenvalue weighted by Crippen LogP contribution is 2.25. The van der Waals surface area contributed by atoms with Crippen LogP contribution in [0.4, 0.5) is 5.82 Å². The minimum atomic E-state index is -0.770. The lowest BCUT2D eigenvalue weighted by Crippen LogP contribution is -2.32. The molecule has 0 aliphatic heterocycles. The molecule has 1 aromatic rings. The molecule has 1 aliphatic rings. The molecule has 1 aliphatic carbocycles. The monoisotopic (exact) mass is 245 g/mol. The molecule has 0 radical (unpaired) electrons. The molecular weight excluding hydrogens is 226 g/mol. The number of rotatable bonds is 4. The van der Waals surface area contributed by atoms with Gasteiger partial charge in [-0.15, -0.1) is 0 Å². The molecule has 0 spiro atoms. The van der Waals surface area contributed by atoms with Crippen molar-refractivity contribution in [3.05, 3.63) is 22.9 Å². The number of fused-ring (bicyclic) bond motifs is 1. The van der Waals surface area contributed by atoms with E-state index in [1.807, 2.05) is 13.0 Å². The molecule has 18 heavy (non-hydrogen) atoms. The normalized spacial score (nSPS) is 16.8. The number of aryl methyl sites for hydroxylation is 2. The molecule has 96 valence electrons. The highest BCUT2D eigenvalue weighted by molar-refractivity contribution is 5.55. The third-order valence-corrected chi connectivity index (χ3v) is 3.57. The molecule has 4 nitrogen and oxygen atoms in total. The van der Waals surface area contributed by atoms with E-state index < -0.39 is 5.60 Å². The fraction of sp³-hybridized carbons (Fsp3) is 0.571. The largest absolute Gasteiger partial charge is 0.388 e. The summed E-state index contributed by atoms with van der Waals surface area (Å²) in [6, 6.07) is 4.10. The molecule has 0 bridgehead atoms. The first-order chi connectivity index (χ1) is 8.55. The van der Waals surface area contributed by atoms with E-state index >= 15 is 0 Å². The second kappa shape index (κ2) is 4.95. The summed E-state index contributed by atoms with van der Waals surface area (Å²) in [5.74, 6) is 0.604. The van der Waals surface area contributed by atoms with E-state index in [0.717, 1.165) is 25.0 Å². The van der Waals surface area contributed by atoms with Crippen LogP contribution in [0.3, 0.4) is 0 Å². The summed E-state index contributed by atoms with van der Waals surface area (Å²) >= 11 is 0. The lowest BCUT2D eigenvalue weighted by atomic mass is 10.0. The highest BCUT2D eigenvalue weighted by atomic mass is 16.3. The summed E-state index contributed by atoms with van der Waals surface area (Å²) in [6.07, 6.45) is 3.78. The molecule has 1 heterocycles. The Bertz CT molecular complexity index is 489. The first-order valence-corrected chi connectivity index (χ1v) is 6.45. The van der Waals surface area contributed by atoms with Crippen LogP contribution in [0.25, 0.3) is 0 Å². The molecule has 2 rings (SSSR count). The molecule has 0 saturated heterocycles. The third-order valence-electron chi connectivity index (χ3n) is 3.57. The van der Waals surface area contributed by atoms with E-state index in [4.69, 9.17) is 5.26 Å². The van der Waals surface area contributed by atoms with Crippen molar-refractivity contribution < 1.29 is 5.11 Å². The summed E-state index contributed by atoms with van der Waals surface area (Å²) in [5, 5.41) is 22.2. The Morgan fingerprint density at radius 2 is 2.33 bits per heavy atom. The van der Waals surface area contributed by atoms with Crippen molar-refractivity contribution in [3.8, 4) is 6.07 Å². The van der Waals surface area contributed by atoms with Crippen molar-refractivity contribution in [3.63, 3.8) is 0 Å². The van der Waals surface area contributed by atoms with Gasteiger partial charge >= 0.3 is 0 Å². The van der Waals surface area contributed by atoms with Crippen molar-refractivity contribution in [2.45, 2.75) is 45.1 Å². The molecule has 0 fully saturated rings. The first-order valence-electron chi connectivity index (χ1n) is 6.45. The van der Waals surface area contributed by atoms with Gasteiger partial charge in [-0.05, 0) is 44.2 Å². The van der Waals surface area contributed by atoms with Crippen LogP contribution in [0.5, 0.6) is 0 Å². The summed E-state index contributed by atoms with van der Waals surface area (Å²) in [5.41, 5.74) is 2.09. The maximum atomic E-state index is 9.97. The highest BCUT2D eigenvalue weighted by Gasteiger charge is 2.20. The topological polar surface area (TPSA) is 68.9 Å². The Hall–Kier alpha value is -1.60. The van der Waals surface area contributed by atoms with Crippen molar-refractivity contribution in [1.82, 2.24) is 4.98 Å². The molecular formula is C14H19N3O. The van der Waals surface area contributed by atoms with Gasteiger partial charge in [-0.2, -0.15) is 5.26 Å². The summed E-state index contributed by atoms with van der Waals surface area (Å²) in [7, 11) is 0. The fourth-order valence-electron chi connectivity index (χ4n) is 2.09. The molecule has 0 saturated carbocycles. The van der Waals surface area contributed by atoms with Crippen molar-refractivity contribution in [2.24, 2.45) is 0 Å². The Kier molecular flexibility index (Phi) is 3.53. The minimum Gasteiger partial charge on any atom is -0.388 e. The van der Waals surface area contributed by atoms with Gasteiger partial charge in [0, 0.05) is 12.2 Å². The summed E-state index contributed by atoms with van der Waals surface area (Å²) in [4.78, 5) is 4.52. The Labute approximate surface area is 108 Å². The Morgan fingerprint density at radius 1 is 1.56 bits per heavy atom. The number of anilines is 1. The smallest absolute Gasteiger partial charge is 0.144 e. The lowest BCUT2D eigenvalue weighted by molar-refractivity contribution is 0.0696. The van der Waals surface area contributed by atoms with Gasteiger partial charge in [0.1, 0.15) is 11.9 Å². The zero-order valence-corrected chi connectivity index (χ0v) is 11.0. The maximum Gasteiger partial charge on any atom is 0.144 e. The second-order valence-corrected chi connectivity index (χ2v) is 5.16. The van der Waals surface area contributed by atoms with Gasteiger partial charge in [0.25, 0.3) is 0 Å². The molecule has 0 amide bonds. The number of hydrogen-bond acceptors (Lipinski definition) is 4. The zero-order chi connectivity index (χ0) is 13.2. The number of nitrogens with zero attached hydrogens (tertiary/aromatic N) is 2. The molecule has 1 aromatic heterocycles. The first kappa shape index (κ1) is 12.8. The molecule has 2 N–H and O–H groups in total. The van der Waals surface area contributed by atoms with Gasteiger partial charge in [0.05, 0.1) is 11.2 Å². The Morgan fingerprint density at radius 3 is 3.00 bits per heavy atom.